The lowest BCUT2D eigenvalue weighted by Gasteiger charge is -2.43. The van der Waals surface area contributed by atoms with E-state index in [2.05, 4.69) is 83.8 Å². The number of aromatic hydroxyl groups is 1. The fourth-order valence-corrected chi connectivity index (χ4v) is 5.10. The number of phenolic OH excluding ortho intramolecular Hbond substituents is 1. The van der Waals surface area contributed by atoms with Gasteiger partial charge in [0.05, 0.1) is 0 Å². The molecule has 0 spiro atoms. The Morgan fingerprint density at radius 2 is 1.53 bits per heavy atom. The van der Waals surface area contributed by atoms with Crippen molar-refractivity contribution in [2.75, 3.05) is 13.1 Å². The van der Waals surface area contributed by atoms with E-state index in [4.69, 9.17) is 0 Å². The molecule has 3 aromatic rings. The average Bonchev–Trinajstić information content (AvgIpc) is 2.80. The van der Waals surface area contributed by atoms with E-state index in [-0.39, 0.29) is 0 Å². The van der Waals surface area contributed by atoms with Crippen LogP contribution in [0.4, 0.5) is 0 Å². The topological polar surface area (TPSA) is 23.5 Å². The van der Waals surface area contributed by atoms with Crippen molar-refractivity contribution >= 4 is 17.7 Å². The van der Waals surface area contributed by atoms with Crippen molar-refractivity contribution in [2.45, 2.75) is 38.1 Å². The molecule has 5 rings (SSSR count). The van der Waals surface area contributed by atoms with Gasteiger partial charge in [0.2, 0.25) is 0 Å². The van der Waals surface area contributed by atoms with Crippen molar-refractivity contribution in [3.8, 4) is 5.75 Å². The number of nitrogens with zero attached hydrogens (tertiary/aromatic N) is 1. The highest BCUT2D eigenvalue weighted by Crippen LogP contribution is 2.40. The van der Waals surface area contributed by atoms with Gasteiger partial charge in [0.15, 0.2) is 0 Å². The first-order chi connectivity index (χ1) is 15.8. The summed E-state index contributed by atoms with van der Waals surface area (Å²) in [4.78, 5) is 2.66. The summed E-state index contributed by atoms with van der Waals surface area (Å²) in [5.74, 6) is 0.318. The Kier molecular flexibility index (Phi) is 6.22. The van der Waals surface area contributed by atoms with Crippen LogP contribution in [0.15, 0.2) is 84.4 Å². The third-order valence-corrected chi connectivity index (χ3v) is 6.87. The van der Waals surface area contributed by atoms with Crippen LogP contribution in [0.5, 0.6) is 5.75 Å². The fourth-order valence-electron chi connectivity index (χ4n) is 5.10. The zero-order valence-corrected chi connectivity index (χ0v) is 18.6. The Labute approximate surface area is 191 Å². The van der Waals surface area contributed by atoms with E-state index in [1.807, 2.05) is 12.1 Å². The van der Waals surface area contributed by atoms with E-state index in [9.17, 15) is 5.11 Å². The second-order valence-electron chi connectivity index (χ2n) is 8.93. The van der Waals surface area contributed by atoms with Crippen molar-refractivity contribution in [1.29, 1.82) is 0 Å². The molecule has 2 fully saturated rings. The molecule has 0 radical (unpaired) electrons. The monoisotopic (exact) mass is 421 g/mol. The first kappa shape index (κ1) is 20.8. The maximum atomic E-state index is 9.94. The van der Waals surface area contributed by atoms with Crippen LogP contribution < -0.4 is 0 Å². The van der Waals surface area contributed by atoms with Crippen LogP contribution in [-0.2, 0) is 0 Å². The first-order valence-corrected chi connectivity index (χ1v) is 11.9. The van der Waals surface area contributed by atoms with Crippen LogP contribution in [0, 0.1) is 0 Å². The van der Waals surface area contributed by atoms with Crippen LogP contribution in [0.1, 0.15) is 54.4 Å². The Morgan fingerprint density at radius 3 is 2.28 bits per heavy atom. The van der Waals surface area contributed by atoms with E-state index in [0.29, 0.717) is 11.8 Å². The number of hydrogen-bond donors (Lipinski definition) is 1. The van der Waals surface area contributed by atoms with Crippen LogP contribution in [0.3, 0.4) is 0 Å². The second-order valence-corrected chi connectivity index (χ2v) is 8.93. The van der Waals surface area contributed by atoms with E-state index in [1.54, 1.807) is 5.57 Å². The molecule has 2 heteroatoms. The molecular formula is C30H31NO. The van der Waals surface area contributed by atoms with Crippen molar-refractivity contribution in [3.05, 3.63) is 107 Å². The molecule has 1 aliphatic heterocycles. The molecular weight excluding hydrogens is 390 g/mol. The Morgan fingerprint density at radius 1 is 0.781 bits per heavy atom. The summed E-state index contributed by atoms with van der Waals surface area (Å²) in [6, 6.07) is 27.6. The quantitative estimate of drug-likeness (QED) is 0.448. The predicted octanol–water partition coefficient (Wildman–Crippen LogP) is 7.01. The number of hydrogen-bond acceptors (Lipinski definition) is 2. The van der Waals surface area contributed by atoms with E-state index < -0.39 is 0 Å². The van der Waals surface area contributed by atoms with Gasteiger partial charge in [-0.3, -0.25) is 4.90 Å². The molecule has 2 aliphatic rings. The minimum absolute atomic E-state index is 0.318. The summed E-state index contributed by atoms with van der Waals surface area (Å²) >= 11 is 0. The second kappa shape index (κ2) is 9.58. The predicted molar refractivity (Wildman–Crippen MR) is 134 cm³/mol. The summed E-state index contributed by atoms with van der Waals surface area (Å²) < 4.78 is 0. The lowest BCUT2D eigenvalue weighted by molar-refractivity contribution is 0.121. The van der Waals surface area contributed by atoms with E-state index >= 15 is 0 Å². The van der Waals surface area contributed by atoms with E-state index in [1.165, 1.54) is 66.6 Å². The Bertz CT molecular complexity index is 1110. The number of benzene rings is 3. The zero-order valence-electron chi connectivity index (χ0n) is 18.6. The first-order valence-electron chi connectivity index (χ1n) is 11.9. The molecule has 0 aromatic heterocycles. The minimum atomic E-state index is 0.318. The van der Waals surface area contributed by atoms with Gasteiger partial charge in [-0.1, -0.05) is 85.3 Å². The Hall–Kier alpha value is -3.10. The number of rotatable bonds is 5. The van der Waals surface area contributed by atoms with Crippen LogP contribution in [0.25, 0.3) is 17.7 Å². The normalized spacial score (nSPS) is 20.8. The molecule has 162 valence electrons. The molecule has 1 saturated heterocycles. The summed E-state index contributed by atoms with van der Waals surface area (Å²) in [5, 5.41) is 9.94. The molecule has 1 aliphatic carbocycles. The smallest absolute Gasteiger partial charge is 0.115 e. The van der Waals surface area contributed by atoms with Gasteiger partial charge in [0.1, 0.15) is 5.75 Å². The highest BCUT2D eigenvalue weighted by Gasteiger charge is 2.31. The maximum absolute atomic E-state index is 9.94. The van der Waals surface area contributed by atoms with Gasteiger partial charge < -0.3 is 5.11 Å². The van der Waals surface area contributed by atoms with Gasteiger partial charge in [-0.2, -0.15) is 0 Å². The van der Waals surface area contributed by atoms with Gasteiger partial charge in [-0.05, 0) is 84.3 Å². The molecule has 3 aromatic carbocycles. The fraction of sp³-hybridized carbons (Fsp3) is 0.267. The third kappa shape index (κ3) is 4.42. The minimum Gasteiger partial charge on any atom is -0.508 e. The molecule has 32 heavy (non-hydrogen) atoms. The van der Waals surface area contributed by atoms with Crippen LogP contribution >= 0.6 is 0 Å². The summed E-state index contributed by atoms with van der Waals surface area (Å²) in [6.45, 7) is 2.43. The van der Waals surface area contributed by atoms with Gasteiger partial charge in [-0.15, -0.1) is 0 Å². The SMILES string of the molecule is Oc1ccc(C(=C2CCCCC2N2CCC2)c2ccccc2C=Cc2ccccc2)cc1. The standard InChI is InChI=1S/C30H31NO/c32-26-19-17-25(18-20-26)30(28-13-6-7-14-29(28)31-21-8-22-31)27-12-5-4-11-24(27)16-15-23-9-2-1-3-10-23/h1-5,9-12,15-20,29,32H,6-8,13-14,21-22H2. The third-order valence-electron chi connectivity index (χ3n) is 6.87. The van der Waals surface area contributed by atoms with Gasteiger partial charge in [0, 0.05) is 6.04 Å². The molecule has 2 nitrogen and oxygen atoms in total. The van der Waals surface area contributed by atoms with Crippen LogP contribution in [-0.4, -0.2) is 29.1 Å². The molecule has 1 saturated carbocycles. The van der Waals surface area contributed by atoms with Gasteiger partial charge in [-0.25, -0.2) is 0 Å². The highest BCUT2D eigenvalue weighted by molar-refractivity contribution is 5.88. The number of phenols is 1. The molecule has 0 bridgehead atoms. The zero-order chi connectivity index (χ0) is 21.8. The molecule has 0 amide bonds. The molecule has 1 atom stereocenters. The van der Waals surface area contributed by atoms with Crippen LogP contribution in [0.2, 0.25) is 0 Å². The number of likely N-dealkylation sites (tertiary alicyclic amines) is 1. The van der Waals surface area contributed by atoms with Gasteiger partial charge in [0.25, 0.3) is 0 Å². The Balaban J connectivity index is 1.65. The lowest BCUT2D eigenvalue weighted by atomic mass is 9.79. The van der Waals surface area contributed by atoms with Crippen molar-refractivity contribution < 1.29 is 5.11 Å². The van der Waals surface area contributed by atoms with Gasteiger partial charge >= 0.3 is 0 Å². The summed E-state index contributed by atoms with van der Waals surface area (Å²) in [5.41, 5.74) is 7.85. The van der Waals surface area contributed by atoms with Crippen molar-refractivity contribution in [3.63, 3.8) is 0 Å². The summed E-state index contributed by atoms with van der Waals surface area (Å²) in [6.07, 6.45) is 10.7. The molecule has 1 heterocycles. The maximum Gasteiger partial charge on any atom is 0.115 e. The summed E-state index contributed by atoms with van der Waals surface area (Å²) in [7, 11) is 0. The molecule has 1 N–H and O–H groups in total. The van der Waals surface area contributed by atoms with Crippen molar-refractivity contribution in [2.24, 2.45) is 0 Å². The molecule has 1 unspecified atom stereocenters. The lowest BCUT2D eigenvalue weighted by Crippen LogP contribution is -2.47. The highest BCUT2D eigenvalue weighted by atomic mass is 16.3. The van der Waals surface area contributed by atoms with E-state index in [0.717, 1.165) is 6.42 Å². The largest absolute Gasteiger partial charge is 0.508 e. The van der Waals surface area contributed by atoms with Crippen molar-refractivity contribution in [1.82, 2.24) is 4.90 Å². The average molecular weight is 422 g/mol.